The van der Waals surface area contributed by atoms with Crippen molar-refractivity contribution in [2.75, 3.05) is 0 Å². The average Bonchev–Trinajstić information content (AvgIpc) is 3.47. The number of halogens is 1. The molecule has 0 unspecified atom stereocenters. The third-order valence-corrected chi connectivity index (χ3v) is 4.97. The molecule has 4 aromatic heterocycles. The molecule has 144 valence electrons. The van der Waals surface area contributed by atoms with E-state index in [1.54, 1.807) is 47.6 Å². The van der Waals surface area contributed by atoms with E-state index in [9.17, 15) is 4.39 Å². The maximum Gasteiger partial charge on any atom is 0.224 e. The first kappa shape index (κ1) is 17.4. The van der Waals surface area contributed by atoms with Crippen LogP contribution in [0.4, 0.5) is 4.39 Å². The summed E-state index contributed by atoms with van der Waals surface area (Å²) in [5.74, 6) is 0.498. The van der Waals surface area contributed by atoms with Crippen LogP contribution in [0.15, 0.2) is 53.5 Å². The molecule has 0 atom stereocenters. The van der Waals surface area contributed by atoms with E-state index < -0.39 is 5.82 Å². The second-order valence-corrected chi connectivity index (χ2v) is 7.05. The number of hydrogen-bond acceptors (Lipinski definition) is 7. The molecule has 0 aliphatic heterocycles. The largest absolute Gasteiger partial charge is 0.469 e. The minimum absolute atomic E-state index is 0.151. The van der Waals surface area contributed by atoms with Crippen molar-refractivity contribution in [3.63, 3.8) is 0 Å². The molecule has 0 bridgehead atoms. The maximum atomic E-state index is 14.3. The Hall–Kier alpha value is -3.66. The summed E-state index contributed by atoms with van der Waals surface area (Å²) < 4.78 is 23.2. The highest BCUT2D eigenvalue weighted by molar-refractivity contribution is 7.08. The van der Waals surface area contributed by atoms with Gasteiger partial charge < -0.3 is 4.74 Å². The molecule has 0 saturated heterocycles. The van der Waals surface area contributed by atoms with Crippen LogP contribution in [0.25, 0.3) is 28.0 Å². The summed E-state index contributed by atoms with van der Waals surface area (Å²) in [6.45, 7) is 0.151. The molecule has 29 heavy (non-hydrogen) atoms. The molecule has 1 aromatic carbocycles. The second-order valence-electron chi connectivity index (χ2n) is 6.27. The quantitative estimate of drug-likeness (QED) is 0.444. The van der Waals surface area contributed by atoms with Crippen LogP contribution >= 0.6 is 11.3 Å². The Labute approximate surface area is 168 Å². The number of thiophene rings is 1. The minimum atomic E-state index is -0.414. The lowest BCUT2D eigenvalue weighted by Gasteiger charge is -2.09. The van der Waals surface area contributed by atoms with E-state index in [2.05, 4.69) is 25.4 Å². The van der Waals surface area contributed by atoms with Crippen LogP contribution in [0.1, 0.15) is 5.82 Å². The standard InChI is InChI=1S/C19H14FN7OS/c1-26-11-21-17(24-26)9-28-19-13(12-6-7-29-10-12)8-15-18(22-19)27(25-23-15)16-5-3-2-4-14(16)20/h2-8,10-11H,9H2,1H3. The van der Waals surface area contributed by atoms with Crippen LogP contribution in [0.3, 0.4) is 0 Å². The van der Waals surface area contributed by atoms with Gasteiger partial charge in [-0.25, -0.2) is 9.37 Å². The van der Waals surface area contributed by atoms with Gasteiger partial charge in [-0.2, -0.15) is 26.1 Å². The summed E-state index contributed by atoms with van der Waals surface area (Å²) in [5.41, 5.74) is 2.93. The molecular formula is C19H14FN7OS. The summed E-state index contributed by atoms with van der Waals surface area (Å²) in [4.78, 5) is 8.80. The van der Waals surface area contributed by atoms with Crippen LogP contribution in [0.2, 0.25) is 0 Å². The SMILES string of the molecule is Cn1cnc(COc2nc3c(cc2-c2ccsc2)nnn3-c2ccccc2F)n1. The van der Waals surface area contributed by atoms with Crippen molar-refractivity contribution in [3.8, 4) is 22.7 Å². The van der Waals surface area contributed by atoms with E-state index in [1.165, 1.54) is 10.7 Å². The number of benzene rings is 1. The molecule has 0 aliphatic rings. The van der Waals surface area contributed by atoms with Gasteiger partial charge >= 0.3 is 0 Å². The van der Waals surface area contributed by atoms with E-state index in [0.29, 0.717) is 22.9 Å². The summed E-state index contributed by atoms with van der Waals surface area (Å²) in [5, 5.41) is 16.5. The van der Waals surface area contributed by atoms with Crippen molar-refractivity contribution in [1.82, 2.24) is 34.7 Å². The first-order chi connectivity index (χ1) is 14.2. The Balaban J connectivity index is 1.62. The molecule has 0 N–H and O–H groups in total. The van der Waals surface area contributed by atoms with Gasteiger partial charge in [-0.15, -0.1) is 5.10 Å². The van der Waals surface area contributed by atoms with Crippen molar-refractivity contribution < 1.29 is 9.13 Å². The van der Waals surface area contributed by atoms with Crippen LogP contribution in [-0.4, -0.2) is 34.7 Å². The topological polar surface area (TPSA) is 83.5 Å². The Kier molecular flexibility index (Phi) is 4.24. The molecule has 0 radical (unpaired) electrons. The fraction of sp³-hybridized carbons (Fsp3) is 0.105. The number of hydrogen-bond donors (Lipinski definition) is 0. The predicted molar refractivity (Wildman–Crippen MR) is 105 cm³/mol. The van der Waals surface area contributed by atoms with Crippen molar-refractivity contribution >= 4 is 22.5 Å². The molecule has 0 aliphatic carbocycles. The third kappa shape index (κ3) is 3.23. The zero-order chi connectivity index (χ0) is 19.8. The Morgan fingerprint density at radius 2 is 2.10 bits per heavy atom. The second kappa shape index (κ2) is 7.06. The van der Waals surface area contributed by atoms with Gasteiger partial charge in [0.2, 0.25) is 5.88 Å². The average molecular weight is 407 g/mol. The van der Waals surface area contributed by atoms with E-state index in [-0.39, 0.29) is 12.3 Å². The van der Waals surface area contributed by atoms with Gasteiger partial charge in [0, 0.05) is 12.6 Å². The first-order valence-electron chi connectivity index (χ1n) is 8.70. The highest BCUT2D eigenvalue weighted by atomic mass is 32.1. The Morgan fingerprint density at radius 1 is 1.21 bits per heavy atom. The van der Waals surface area contributed by atoms with E-state index >= 15 is 0 Å². The molecule has 0 amide bonds. The molecule has 5 aromatic rings. The van der Waals surface area contributed by atoms with E-state index in [1.807, 2.05) is 22.9 Å². The van der Waals surface area contributed by atoms with Gasteiger partial charge in [-0.05, 0) is 40.6 Å². The highest BCUT2D eigenvalue weighted by Crippen LogP contribution is 2.33. The summed E-state index contributed by atoms with van der Waals surface area (Å²) in [6, 6.07) is 10.2. The lowest BCUT2D eigenvalue weighted by molar-refractivity contribution is 0.286. The number of pyridine rings is 1. The van der Waals surface area contributed by atoms with Gasteiger partial charge in [-0.3, -0.25) is 4.68 Å². The Morgan fingerprint density at radius 3 is 2.86 bits per heavy atom. The molecule has 8 nitrogen and oxygen atoms in total. The summed E-state index contributed by atoms with van der Waals surface area (Å²) in [7, 11) is 1.79. The number of aryl methyl sites for hydroxylation is 1. The fourth-order valence-corrected chi connectivity index (χ4v) is 3.60. The Bertz CT molecular complexity index is 1300. The zero-order valence-corrected chi connectivity index (χ0v) is 16.0. The number of rotatable bonds is 5. The van der Waals surface area contributed by atoms with Crippen molar-refractivity contribution in [1.29, 1.82) is 0 Å². The predicted octanol–water partition coefficient (Wildman–Crippen LogP) is 3.39. The van der Waals surface area contributed by atoms with Crippen molar-refractivity contribution in [2.24, 2.45) is 7.05 Å². The number of para-hydroxylation sites is 1. The molecule has 4 heterocycles. The van der Waals surface area contributed by atoms with Crippen molar-refractivity contribution in [3.05, 3.63) is 65.1 Å². The van der Waals surface area contributed by atoms with E-state index in [4.69, 9.17) is 4.74 Å². The monoisotopic (exact) mass is 407 g/mol. The highest BCUT2D eigenvalue weighted by Gasteiger charge is 2.18. The van der Waals surface area contributed by atoms with Crippen LogP contribution in [0, 0.1) is 5.82 Å². The minimum Gasteiger partial charge on any atom is -0.469 e. The smallest absolute Gasteiger partial charge is 0.224 e. The van der Waals surface area contributed by atoms with Crippen LogP contribution in [0.5, 0.6) is 5.88 Å². The number of ether oxygens (including phenoxy) is 1. The molecular weight excluding hydrogens is 393 g/mol. The summed E-state index contributed by atoms with van der Waals surface area (Å²) in [6.07, 6.45) is 1.60. The summed E-state index contributed by atoms with van der Waals surface area (Å²) >= 11 is 1.57. The number of nitrogens with zero attached hydrogens (tertiary/aromatic N) is 7. The lowest BCUT2D eigenvalue weighted by atomic mass is 10.1. The van der Waals surface area contributed by atoms with Crippen LogP contribution in [-0.2, 0) is 13.7 Å². The molecule has 10 heteroatoms. The van der Waals surface area contributed by atoms with Gasteiger partial charge in [0.05, 0.1) is 0 Å². The first-order valence-corrected chi connectivity index (χ1v) is 9.64. The third-order valence-electron chi connectivity index (χ3n) is 4.29. The molecule has 0 saturated carbocycles. The molecule has 0 spiro atoms. The number of aromatic nitrogens is 7. The normalized spacial score (nSPS) is 11.2. The van der Waals surface area contributed by atoms with Gasteiger partial charge in [0.1, 0.15) is 23.3 Å². The van der Waals surface area contributed by atoms with Gasteiger partial charge in [-0.1, -0.05) is 17.3 Å². The fourth-order valence-electron chi connectivity index (χ4n) is 2.94. The lowest BCUT2D eigenvalue weighted by Crippen LogP contribution is -2.04. The van der Waals surface area contributed by atoms with Crippen LogP contribution < -0.4 is 4.74 Å². The van der Waals surface area contributed by atoms with Gasteiger partial charge in [0.25, 0.3) is 0 Å². The number of fused-ring (bicyclic) bond motifs is 1. The van der Waals surface area contributed by atoms with Crippen molar-refractivity contribution in [2.45, 2.75) is 6.61 Å². The van der Waals surface area contributed by atoms with Gasteiger partial charge in [0.15, 0.2) is 18.1 Å². The molecule has 0 fully saturated rings. The molecule has 5 rings (SSSR count). The maximum absolute atomic E-state index is 14.3. The van der Waals surface area contributed by atoms with E-state index in [0.717, 1.165) is 11.1 Å². The zero-order valence-electron chi connectivity index (χ0n) is 15.2.